The van der Waals surface area contributed by atoms with Crippen molar-refractivity contribution in [3.63, 3.8) is 0 Å². The third-order valence-electron chi connectivity index (χ3n) is 8.74. The Kier molecular flexibility index (Phi) is 15.8. The van der Waals surface area contributed by atoms with Crippen molar-refractivity contribution in [2.45, 2.75) is 19.6 Å². The number of benzene rings is 4. The quantitative estimate of drug-likeness (QED) is 0.117. The van der Waals surface area contributed by atoms with Gasteiger partial charge in [0.25, 0.3) is 0 Å². The fraction of sp³-hybridized carbons (Fsp3) is 0. The van der Waals surface area contributed by atoms with Gasteiger partial charge in [0.2, 0.25) is 0 Å². The molecule has 7 aromatic rings. The molecule has 286 valence electrons. The van der Waals surface area contributed by atoms with Crippen molar-refractivity contribution in [3.8, 4) is 45.6 Å². The van der Waals surface area contributed by atoms with Crippen molar-refractivity contribution in [3.05, 3.63) is 72.8 Å². The molecule has 0 unspecified atom stereocenters. The van der Waals surface area contributed by atoms with E-state index in [0.29, 0.717) is 0 Å². The first-order valence-corrected chi connectivity index (χ1v) is 21.0. The molecule has 2 aliphatic heterocycles. The predicted octanol–water partition coefficient (Wildman–Crippen LogP) is -10.2. The van der Waals surface area contributed by atoms with E-state index in [9.17, 15) is 51.9 Å². The van der Waals surface area contributed by atoms with Gasteiger partial charge in [-0.25, -0.2) is 43.6 Å². The fourth-order valence-electron chi connectivity index (χ4n) is 6.20. The van der Waals surface area contributed by atoms with Gasteiger partial charge in [0.1, 0.15) is 40.5 Å². The molecule has 0 radical (unpaired) electrons. The van der Waals surface area contributed by atoms with Crippen LogP contribution in [0.2, 0.25) is 0 Å². The van der Waals surface area contributed by atoms with E-state index < -0.39 is 60.1 Å². The van der Waals surface area contributed by atoms with Crippen LogP contribution in [0.15, 0.2) is 92.4 Å². The Balaban J connectivity index is 0.00000164. The molecular formula is C32H12MoN8Na4O12S4. The first-order chi connectivity index (χ1) is 26.2. The first-order valence-electron chi connectivity index (χ1n) is 15.3. The van der Waals surface area contributed by atoms with Crippen molar-refractivity contribution in [2.75, 3.05) is 0 Å². The molecule has 20 nitrogen and oxygen atoms in total. The minimum absolute atomic E-state index is 0. The molecule has 0 fully saturated rings. The summed E-state index contributed by atoms with van der Waals surface area (Å²) in [5, 5.41) is 0.169. The molecule has 0 aliphatic carbocycles. The second-order valence-electron chi connectivity index (χ2n) is 12.1. The Bertz CT molecular complexity index is 3640. The van der Waals surface area contributed by atoms with Crippen LogP contribution in [0.25, 0.3) is 89.7 Å². The number of aromatic nitrogens is 8. The number of fused-ring (bicyclic) bond motifs is 20. The summed E-state index contributed by atoms with van der Waals surface area (Å²) in [4.78, 5) is 33.1. The van der Waals surface area contributed by atoms with Crippen LogP contribution in [0.5, 0.6) is 0 Å². The maximum absolute atomic E-state index is 12.1. The molecule has 2 aliphatic rings. The van der Waals surface area contributed by atoms with Gasteiger partial charge in [0.05, 0.1) is 42.9 Å². The molecule has 0 N–H and O–H groups in total. The van der Waals surface area contributed by atoms with Gasteiger partial charge in [-0.05, 0) is 70.1 Å². The second-order valence-corrected chi connectivity index (χ2v) is 17.6. The van der Waals surface area contributed by atoms with Gasteiger partial charge < -0.3 is 48.1 Å². The number of hydrogen-bond acceptors (Lipinski definition) is 18. The molecule has 0 spiro atoms. The maximum Gasteiger partial charge on any atom is 2.00 e. The van der Waals surface area contributed by atoms with Crippen LogP contribution in [0.1, 0.15) is 0 Å². The molecule has 61 heavy (non-hydrogen) atoms. The Morgan fingerprint density at radius 3 is 0.918 bits per heavy atom. The molecule has 5 heterocycles. The van der Waals surface area contributed by atoms with E-state index in [1.54, 1.807) is 0 Å². The summed E-state index contributed by atoms with van der Waals surface area (Å²) in [5.41, 5.74) is -0.712. The van der Waals surface area contributed by atoms with Crippen molar-refractivity contribution in [1.82, 2.24) is 39.9 Å². The zero-order valence-corrected chi connectivity index (χ0v) is 44.7. The Morgan fingerprint density at radius 2 is 0.607 bits per heavy atom. The van der Waals surface area contributed by atoms with Crippen LogP contribution in [-0.4, -0.2) is 81.8 Å². The van der Waals surface area contributed by atoms with Crippen LogP contribution in [0, 0.1) is 0 Å². The number of rotatable bonds is 4. The molecular weight excluding hydrogens is 1000 g/mol. The molecule has 9 rings (SSSR count). The summed E-state index contributed by atoms with van der Waals surface area (Å²) < 4.78 is 145. The van der Waals surface area contributed by atoms with Gasteiger partial charge in [-0.3, -0.25) is 0 Å². The summed E-state index contributed by atoms with van der Waals surface area (Å²) >= 11 is 0. The van der Waals surface area contributed by atoms with E-state index >= 15 is 0 Å². The molecule has 29 heteroatoms. The van der Waals surface area contributed by atoms with Crippen LogP contribution in [0.3, 0.4) is 0 Å². The Labute approximate surface area is 447 Å². The number of hydrogen-bond donors (Lipinski definition) is 0. The Hall–Kier alpha value is -1.43. The van der Waals surface area contributed by atoms with Crippen LogP contribution < -0.4 is 128 Å². The van der Waals surface area contributed by atoms with Gasteiger partial charge in [0, 0.05) is 44.8 Å². The zero-order valence-electron chi connectivity index (χ0n) is 31.4. The third-order valence-corrected chi connectivity index (χ3v) is 12.1. The molecule has 3 aromatic heterocycles. The molecule has 4 aromatic carbocycles. The van der Waals surface area contributed by atoms with E-state index in [1.807, 2.05) is 0 Å². The normalized spacial score (nSPS) is 12.1. The van der Waals surface area contributed by atoms with Gasteiger partial charge in [-0.1, -0.05) is 24.3 Å². The van der Waals surface area contributed by atoms with Crippen molar-refractivity contribution in [2.24, 2.45) is 0 Å². The second kappa shape index (κ2) is 18.5. The van der Waals surface area contributed by atoms with Gasteiger partial charge >= 0.3 is 139 Å². The summed E-state index contributed by atoms with van der Waals surface area (Å²) in [5.74, 6) is -0.882. The summed E-state index contributed by atoms with van der Waals surface area (Å²) in [6, 6.07) is 12.9. The summed E-state index contributed by atoms with van der Waals surface area (Å²) in [6.45, 7) is 0. The SMILES string of the molecule is O=S(=O)([O-])c1ccc2c(c1)-c1nc-2nc2[n-]c(nc3nc(nc4[n-]c(n1)c1ccc(S(=O)(=O)[O-])cc41)-c1cc(S(=O)(=O)[O-])ccc1-3)c1cc(S(=O)(=O)[O-])ccc21.[Mo+2].[Na+].[Na+].[Na+].[Na+]. The molecule has 0 saturated carbocycles. The standard InChI is InChI=1S/C32H16N8O12S4.Mo.4Na/c41-53(42,43)13-1-5-17-21(9-13)29-34-25(17)33-26-18-6-2-14(54(44,45)46)10-22(18)30(35-26)37-28-20-8-4-16(56(50,51)52)12-24(20)32(39-28)40-31-23-11-15(55(47,48)49)3-7-19(23)27(36-29)38-31;;;;;/h1-12H,(H4-2,33,34,35,36,37,38,39,40,41,42,43,44,45,46,47,48,49,50,51,52);;;;;/q-2;+2;4*+1/p-4. The Morgan fingerprint density at radius 1 is 0.344 bits per heavy atom. The molecule has 0 saturated heterocycles. The van der Waals surface area contributed by atoms with Crippen LogP contribution in [-0.2, 0) is 61.5 Å². The fourth-order valence-corrected chi connectivity index (χ4v) is 8.19. The average Bonchev–Trinajstić information content (AvgIpc) is 3.84. The van der Waals surface area contributed by atoms with Crippen LogP contribution >= 0.6 is 0 Å². The smallest absolute Gasteiger partial charge is 0.744 e. The first kappa shape index (κ1) is 52.2. The topological polar surface area (TPSA) is 334 Å². The summed E-state index contributed by atoms with van der Waals surface area (Å²) in [6.07, 6.45) is 0. The van der Waals surface area contributed by atoms with Gasteiger partial charge in [0.15, 0.2) is 0 Å². The van der Waals surface area contributed by atoms with Crippen LogP contribution in [0.4, 0.5) is 0 Å². The van der Waals surface area contributed by atoms with E-state index in [1.165, 1.54) is 24.3 Å². The number of nitrogens with zero attached hydrogens (tertiary/aromatic N) is 8. The van der Waals surface area contributed by atoms with Gasteiger partial charge in [-0.2, -0.15) is 0 Å². The maximum atomic E-state index is 12.1. The van der Waals surface area contributed by atoms with Crippen molar-refractivity contribution >= 4 is 84.6 Å². The van der Waals surface area contributed by atoms with Crippen molar-refractivity contribution in [1.29, 1.82) is 0 Å². The molecule has 0 atom stereocenters. The largest absolute Gasteiger partial charge is 2.00 e. The van der Waals surface area contributed by atoms with E-state index in [0.717, 1.165) is 48.5 Å². The third kappa shape index (κ3) is 9.76. The van der Waals surface area contributed by atoms with Gasteiger partial charge in [-0.15, -0.1) is 0 Å². The predicted molar refractivity (Wildman–Crippen MR) is 186 cm³/mol. The molecule has 8 bridgehead atoms. The van der Waals surface area contributed by atoms with Crippen molar-refractivity contribution < 1.29 is 191 Å². The van der Waals surface area contributed by atoms with E-state index in [4.69, 9.17) is 0 Å². The van der Waals surface area contributed by atoms with E-state index in [-0.39, 0.29) is 229 Å². The van der Waals surface area contributed by atoms with E-state index in [2.05, 4.69) is 39.9 Å². The average molecular weight is 1020 g/mol. The summed E-state index contributed by atoms with van der Waals surface area (Å²) in [7, 11) is -20.1. The monoisotopic (exact) mass is 1020 g/mol. The molecule has 0 amide bonds. The minimum Gasteiger partial charge on any atom is -0.744 e. The minimum atomic E-state index is -5.04. The zero-order chi connectivity index (χ0) is 39.7.